The Balaban J connectivity index is 2.05. The number of rotatable bonds is 4. The molecule has 0 aliphatic heterocycles. The summed E-state index contributed by atoms with van der Waals surface area (Å²) in [4.78, 5) is 0. The van der Waals surface area contributed by atoms with Crippen LogP contribution in [0.3, 0.4) is 0 Å². The van der Waals surface area contributed by atoms with E-state index in [0.717, 1.165) is 5.56 Å². The van der Waals surface area contributed by atoms with Crippen LogP contribution in [0.1, 0.15) is 0 Å². The molecule has 5 nitrogen and oxygen atoms in total. The predicted octanol–water partition coefficient (Wildman–Crippen LogP) is 2.89. The molecular formula is C16H15N3O2S. The zero-order valence-corrected chi connectivity index (χ0v) is 12.8. The van der Waals surface area contributed by atoms with Crippen molar-refractivity contribution in [3.05, 3.63) is 66.9 Å². The lowest BCUT2D eigenvalue weighted by Crippen LogP contribution is -2.14. The largest absolute Gasteiger partial charge is 0.281 e. The van der Waals surface area contributed by atoms with Crippen LogP contribution in [0, 0.1) is 0 Å². The van der Waals surface area contributed by atoms with Crippen molar-refractivity contribution < 1.29 is 8.42 Å². The third-order valence-corrected chi connectivity index (χ3v) is 4.48. The maximum absolute atomic E-state index is 12.6. The molecule has 0 saturated heterocycles. The molecule has 3 rings (SSSR count). The van der Waals surface area contributed by atoms with Gasteiger partial charge in [0.25, 0.3) is 10.0 Å². The van der Waals surface area contributed by atoms with Gasteiger partial charge in [-0.1, -0.05) is 48.5 Å². The highest BCUT2D eigenvalue weighted by molar-refractivity contribution is 7.92. The second-order valence-corrected chi connectivity index (χ2v) is 6.46. The summed E-state index contributed by atoms with van der Waals surface area (Å²) in [5, 5.41) is 4.14. The molecule has 0 unspecified atom stereocenters. The first kappa shape index (κ1) is 14.3. The molecule has 0 spiro atoms. The minimum atomic E-state index is -3.75. The number of hydrogen-bond donors (Lipinski definition) is 1. The predicted molar refractivity (Wildman–Crippen MR) is 85.9 cm³/mol. The Morgan fingerprint density at radius 1 is 0.955 bits per heavy atom. The second kappa shape index (κ2) is 5.65. The van der Waals surface area contributed by atoms with Gasteiger partial charge in [-0.2, -0.15) is 13.5 Å². The summed E-state index contributed by atoms with van der Waals surface area (Å²) in [6.07, 6.45) is 1.70. The number of para-hydroxylation sites is 1. The Hall–Kier alpha value is -2.60. The van der Waals surface area contributed by atoms with Crippen LogP contribution < -0.4 is 4.72 Å². The Labute approximate surface area is 129 Å². The van der Waals surface area contributed by atoms with Crippen molar-refractivity contribution >= 4 is 15.7 Å². The fourth-order valence-corrected chi connectivity index (χ4v) is 3.43. The Morgan fingerprint density at radius 2 is 1.55 bits per heavy atom. The maximum atomic E-state index is 12.6. The van der Waals surface area contributed by atoms with Crippen LogP contribution in [0.4, 0.5) is 5.69 Å². The van der Waals surface area contributed by atoms with Crippen LogP contribution in [-0.2, 0) is 17.1 Å². The van der Waals surface area contributed by atoms with Gasteiger partial charge in [0.1, 0.15) is 0 Å². The first-order valence-electron chi connectivity index (χ1n) is 6.73. The summed E-state index contributed by atoms with van der Waals surface area (Å²) in [6, 6.07) is 18.1. The van der Waals surface area contributed by atoms with Gasteiger partial charge in [0.2, 0.25) is 5.03 Å². The quantitative estimate of drug-likeness (QED) is 0.805. The molecule has 1 N–H and O–H groups in total. The van der Waals surface area contributed by atoms with E-state index in [1.165, 1.54) is 4.68 Å². The molecule has 112 valence electrons. The average Bonchev–Trinajstić information content (AvgIpc) is 2.92. The van der Waals surface area contributed by atoms with E-state index in [-0.39, 0.29) is 5.03 Å². The van der Waals surface area contributed by atoms with E-state index >= 15 is 0 Å². The van der Waals surface area contributed by atoms with E-state index in [1.54, 1.807) is 37.5 Å². The Bertz CT molecular complexity index is 872. The number of aromatic nitrogens is 2. The average molecular weight is 313 g/mol. The first-order valence-corrected chi connectivity index (χ1v) is 8.21. The van der Waals surface area contributed by atoms with Crippen molar-refractivity contribution in [1.29, 1.82) is 0 Å². The van der Waals surface area contributed by atoms with Crippen molar-refractivity contribution in [2.45, 2.75) is 5.03 Å². The SMILES string of the molecule is Cn1cc(-c2ccccc2)c(S(=O)(=O)Nc2ccccc2)n1. The fraction of sp³-hybridized carbons (Fsp3) is 0.0625. The van der Waals surface area contributed by atoms with E-state index in [4.69, 9.17) is 0 Å². The second-order valence-electron chi connectivity index (χ2n) is 4.86. The number of nitrogens with zero attached hydrogens (tertiary/aromatic N) is 2. The van der Waals surface area contributed by atoms with Crippen molar-refractivity contribution in [1.82, 2.24) is 9.78 Å². The van der Waals surface area contributed by atoms with Crippen molar-refractivity contribution in [3.63, 3.8) is 0 Å². The molecule has 1 aromatic heterocycles. The van der Waals surface area contributed by atoms with E-state index < -0.39 is 10.0 Å². The third kappa shape index (κ3) is 2.87. The zero-order chi connectivity index (χ0) is 15.6. The summed E-state index contributed by atoms with van der Waals surface area (Å²) in [6.45, 7) is 0. The molecule has 1 heterocycles. The van der Waals surface area contributed by atoms with Gasteiger partial charge in [0, 0.05) is 24.5 Å². The van der Waals surface area contributed by atoms with Crippen LogP contribution in [0.15, 0.2) is 71.9 Å². The summed E-state index contributed by atoms with van der Waals surface area (Å²) in [5.74, 6) is 0. The van der Waals surface area contributed by atoms with Gasteiger partial charge in [0.15, 0.2) is 0 Å². The molecule has 0 radical (unpaired) electrons. The van der Waals surface area contributed by atoms with E-state index in [9.17, 15) is 8.42 Å². The number of sulfonamides is 1. The van der Waals surface area contributed by atoms with Crippen LogP contribution >= 0.6 is 0 Å². The van der Waals surface area contributed by atoms with Crippen LogP contribution in [0.25, 0.3) is 11.1 Å². The maximum Gasteiger partial charge on any atom is 0.281 e. The number of aryl methyl sites for hydroxylation is 1. The van der Waals surface area contributed by atoms with Gasteiger partial charge < -0.3 is 0 Å². The van der Waals surface area contributed by atoms with E-state index in [0.29, 0.717) is 11.3 Å². The highest BCUT2D eigenvalue weighted by atomic mass is 32.2. The minimum absolute atomic E-state index is 0.0186. The van der Waals surface area contributed by atoms with Crippen molar-refractivity contribution in [2.75, 3.05) is 4.72 Å². The Kier molecular flexibility index (Phi) is 3.68. The Morgan fingerprint density at radius 3 is 2.18 bits per heavy atom. The molecular weight excluding hydrogens is 298 g/mol. The van der Waals surface area contributed by atoms with Gasteiger partial charge in [-0.05, 0) is 17.7 Å². The molecule has 0 bridgehead atoms. The standard InChI is InChI=1S/C16H15N3O2S/c1-19-12-15(13-8-4-2-5-9-13)16(17-19)22(20,21)18-14-10-6-3-7-11-14/h2-12,18H,1H3. The molecule has 0 aliphatic rings. The molecule has 3 aromatic rings. The van der Waals surface area contributed by atoms with E-state index in [2.05, 4.69) is 9.82 Å². The van der Waals surface area contributed by atoms with Crippen molar-refractivity contribution in [3.8, 4) is 11.1 Å². The number of benzene rings is 2. The molecule has 0 aliphatic carbocycles. The molecule has 2 aromatic carbocycles. The molecule has 6 heteroatoms. The molecule has 0 fully saturated rings. The topological polar surface area (TPSA) is 64.0 Å². The summed E-state index contributed by atoms with van der Waals surface area (Å²) in [7, 11) is -2.05. The van der Waals surface area contributed by atoms with Gasteiger partial charge in [-0.3, -0.25) is 9.40 Å². The van der Waals surface area contributed by atoms with Crippen LogP contribution in [0.5, 0.6) is 0 Å². The van der Waals surface area contributed by atoms with Gasteiger partial charge >= 0.3 is 0 Å². The fourth-order valence-electron chi connectivity index (χ4n) is 2.19. The molecule has 0 atom stereocenters. The zero-order valence-electron chi connectivity index (χ0n) is 12.0. The number of hydrogen-bond acceptors (Lipinski definition) is 3. The summed E-state index contributed by atoms with van der Waals surface area (Å²) in [5.41, 5.74) is 1.89. The van der Waals surface area contributed by atoms with Gasteiger partial charge in [-0.25, -0.2) is 0 Å². The number of nitrogens with one attached hydrogen (secondary N) is 1. The highest BCUT2D eigenvalue weighted by Crippen LogP contribution is 2.27. The summed E-state index contributed by atoms with van der Waals surface area (Å²) < 4.78 is 29.3. The van der Waals surface area contributed by atoms with Crippen molar-refractivity contribution in [2.24, 2.45) is 7.05 Å². The third-order valence-electron chi connectivity index (χ3n) is 3.16. The lowest BCUT2D eigenvalue weighted by molar-refractivity contribution is 0.593. The highest BCUT2D eigenvalue weighted by Gasteiger charge is 2.23. The monoisotopic (exact) mass is 313 g/mol. The summed E-state index contributed by atoms with van der Waals surface area (Å²) >= 11 is 0. The molecule has 0 amide bonds. The molecule has 22 heavy (non-hydrogen) atoms. The van der Waals surface area contributed by atoms with Gasteiger partial charge in [0.05, 0.1) is 0 Å². The lowest BCUT2D eigenvalue weighted by atomic mass is 10.1. The minimum Gasteiger partial charge on any atom is -0.278 e. The lowest BCUT2D eigenvalue weighted by Gasteiger charge is -2.07. The molecule has 0 saturated carbocycles. The normalized spacial score (nSPS) is 11.3. The number of anilines is 1. The first-order chi connectivity index (χ1) is 10.6. The van der Waals surface area contributed by atoms with E-state index in [1.807, 2.05) is 36.4 Å². The van der Waals surface area contributed by atoms with Crippen LogP contribution in [-0.4, -0.2) is 18.2 Å². The van der Waals surface area contributed by atoms with Gasteiger partial charge in [-0.15, -0.1) is 0 Å². The smallest absolute Gasteiger partial charge is 0.278 e. The van der Waals surface area contributed by atoms with Crippen LogP contribution in [0.2, 0.25) is 0 Å².